The highest BCUT2D eigenvalue weighted by atomic mass is 35.5. The lowest BCUT2D eigenvalue weighted by molar-refractivity contribution is 0.405. The monoisotopic (exact) mass is 245 g/mol. The van der Waals surface area contributed by atoms with Crippen molar-refractivity contribution in [1.82, 2.24) is 10.2 Å². The molecule has 0 amide bonds. The van der Waals surface area contributed by atoms with Crippen molar-refractivity contribution in [2.24, 2.45) is 5.92 Å². The minimum Gasteiger partial charge on any atom is -0.346 e. The first-order chi connectivity index (χ1) is 7.29. The van der Waals surface area contributed by atoms with E-state index in [0.29, 0.717) is 0 Å². The van der Waals surface area contributed by atoms with E-state index in [9.17, 15) is 0 Å². The molecule has 1 aromatic heterocycles. The predicted octanol–water partition coefficient (Wildman–Crippen LogP) is 2.69. The van der Waals surface area contributed by atoms with Gasteiger partial charge in [-0.2, -0.15) is 0 Å². The summed E-state index contributed by atoms with van der Waals surface area (Å²) >= 11 is 7.47. The second-order valence-corrected chi connectivity index (χ2v) is 5.57. The number of piperidine rings is 1. The summed E-state index contributed by atoms with van der Waals surface area (Å²) in [5.41, 5.74) is 0. The predicted molar refractivity (Wildman–Crippen MR) is 64.9 cm³/mol. The smallest absolute Gasteiger partial charge is 0.208 e. The molecule has 5 heteroatoms. The standard InChI is InChI=1S/C10H16ClN3S/c1-8-12-13-10(15-8)14-6-2-3-9(7-14)4-5-11/h9H,2-7H2,1H3. The van der Waals surface area contributed by atoms with Crippen LogP contribution >= 0.6 is 22.9 Å². The lowest BCUT2D eigenvalue weighted by atomic mass is 9.96. The van der Waals surface area contributed by atoms with Crippen LogP contribution in [0.5, 0.6) is 0 Å². The molecule has 0 spiro atoms. The van der Waals surface area contributed by atoms with Crippen molar-refractivity contribution in [3.63, 3.8) is 0 Å². The summed E-state index contributed by atoms with van der Waals surface area (Å²) in [5.74, 6) is 1.51. The highest BCUT2D eigenvalue weighted by Crippen LogP contribution is 2.27. The number of hydrogen-bond acceptors (Lipinski definition) is 4. The van der Waals surface area contributed by atoms with E-state index in [0.717, 1.165) is 41.4 Å². The summed E-state index contributed by atoms with van der Waals surface area (Å²) in [6, 6.07) is 0. The van der Waals surface area contributed by atoms with Crippen LogP contribution in [0.15, 0.2) is 0 Å². The summed E-state index contributed by atoms with van der Waals surface area (Å²) < 4.78 is 0. The molecule has 15 heavy (non-hydrogen) atoms. The van der Waals surface area contributed by atoms with Crippen LogP contribution in [-0.2, 0) is 0 Å². The second kappa shape index (κ2) is 5.12. The Bertz CT molecular complexity index is 313. The third-order valence-corrected chi connectivity index (χ3v) is 3.94. The molecule has 0 aliphatic carbocycles. The van der Waals surface area contributed by atoms with Crippen LogP contribution < -0.4 is 4.90 Å². The zero-order valence-electron chi connectivity index (χ0n) is 8.95. The SMILES string of the molecule is Cc1nnc(N2CCCC(CCCl)C2)s1. The fraction of sp³-hybridized carbons (Fsp3) is 0.800. The first-order valence-corrected chi connectivity index (χ1v) is 6.75. The minimum absolute atomic E-state index is 0.737. The Hall–Kier alpha value is -0.350. The average molecular weight is 246 g/mol. The van der Waals surface area contributed by atoms with Crippen LogP contribution in [0.3, 0.4) is 0 Å². The number of hydrogen-bond donors (Lipinski definition) is 0. The average Bonchev–Trinajstić information content (AvgIpc) is 2.66. The van der Waals surface area contributed by atoms with E-state index < -0.39 is 0 Å². The van der Waals surface area contributed by atoms with Crippen molar-refractivity contribution in [3.8, 4) is 0 Å². The molecule has 1 saturated heterocycles. The summed E-state index contributed by atoms with van der Waals surface area (Å²) in [5, 5.41) is 10.4. The summed E-state index contributed by atoms with van der Waals surface area (Å²) in [6.07, 6.45) is 3.68. The molecule has 1 atom stereocenters. The van der Waals surface area contributed by atoms with Gasteiger partial charge in [-0.3, -0.25) is 0 Å². The molecule has 1 aromatic rings. The maximum absolute atomic E-state index is 5.79. The number of aryl methyl sites for hydroxylation is 1. The first-order valence-electron chi connectivity index (χ1n) is 5.40. The zero-order chi connectivity index (χ0) is 10.7. The molecule has 1 aliphatic heterocycles. The van der Waals surface area contributed by atoms with E-state index in [-0.39, 0.29) is 0 Å². The van der Waals surface area contributed by atoms with Crippen LogP contribution in [0.2, 0.25) is 0 Å². The van der Waals surface area contributed by atoms with Crippen LogP contribution in [0.25, 0.3) is 0 Å². The van der Waals surface area contributed by atoms with Crippen molar-refractivity contribution < 1.29 is 0 Å². The Morgan fingerprint density at radius 2 is 2.40 bits per heavy atom. The third kappa shape index (κ3) is 2.82. The number of anilines is 1. The number of aromatic nitrogens is 2. The molecule has 0 N–H and O–H groups in total. The maximum Gasteiger partial charge on any atom is 0.208 e. The van der Waals surface area contributed by atoms with Gasteiger partial charge in [0.1, 0.15) is 5.01 Å². The van der Waals surface area contributed by atoms with Crippen LogP contribution in [0.4, 0.5) is 5.13 Å². The molecule has 0 radical (unpaired) electrons. The number of nitrogens with zero attached hydrogens (tertiary/aromatic N) is 3. The van der Waals surface area contributed by atoms with E-state index in [1.165, 1.54) is 12.8 Å². The largest absolute Gasteiger partial charge is 0.346 e. The van der Waals surface area contributed by atoms with Crippen LogP contribution in [0.1, 0.15) is 24.3 Å². The van der Waals surface area contributed by atoms with Crippen LogP contribution in [0, 0.1) is 12.8 Å². The van der Waals surface area contributed by atoms with Gasteiger partial charge in [0.25, 0.3) is 0 Å². The van der Waals surface area contributed by atoms with Crippen molar-refractivity contribution in [1.29, 1.82) is 0 Å². The molecule has 0 aromatic carbocycles. The quantitative estimate of drug-likeness (QED) is 0.767. The molecule has 0 bridgehead atoms. The minimum atomic E-state index is 0.737. The number of alkyl halides is 1. The topological polar surface area (TPSA) is 29.0 Å². The molecule has 2 heterocycles. The second-order valence-electron chi connectivity index (χ2n) is 4.04. The van der Waals surface area contributed by atoms with Crippen molar-refractivity contribution >= 4 is 28.1 Å². The van der Waals surface area contributed by atoms with E-state index in [4.69, 9.17) is 11.6 Å². The molecular formula is C10H16ClN3S. The van der Waals surface area contributed by atoms with Gasteiger partial charge >= 0.3 is 0 Å². The summed E-state index contributed by atoms with van der Waals surface area (Å²) in [6.45, 7) is 4.22. The number of rotatable bonds is 3. The summed E-state index contributed by atoms with van der Waals surface area (Å²) in [4.78, 5) is 2.35. The summed E-state index contributed by atoms with van der Waals surface area (Å²) in [7, 11) is 0. The highest BCUT2D eigenvalue weighted by Gasteiger charge is 2.21. The molecule has 1 fully saturated rings. The van der Waals surface area contributed by atoms with Crippen LogP contribution in [-0.4, -0.2) is 29.2 Å². The van der Waals surface area contributed by atoms with E-state index in [1.54, 1.807) is 11.3 Å². The van der Waals surface area contributed by atoms with E-state index in [1.807, 2.05) is 6.92 Å². The zero-order valence-corrected chi connectivity index (χ0v) is 10.5. The molecule has 84 valence electrons. The Labute approximate surface area is 99.5 Å². The van der Waals surface area contributed by atoms with E-state index >= 15 is 0 Å². The Kier molecular flexibility index (Phi) is 3.81. The van der Waals surface area contributed by atoms with Crippen molar-refractivity contribution in [2.75, 3.05) is 23.9 Å². The molecule has 3 nitrogen and oxygen atoms in total. The van der Waals surface area contributed by atoms with Gasteiger partial charge in [0.05, 0.1) is 0 Å². The molecule has 0 saturated carbocycles. The van der Waals surface area contributed by atoms with E-state index in [2.05, 4.69) is 15.1 Å². The Balaban J connectivity index is 1.98. The lowest BCUT2D eigenvalue weighted by Gasteiger charge is -2.31. The maximum atomic E-state index is 5.79. The van der Waals surface area contributed by atoms with Gasteiger partial charge in [-0.05, 0) is 32.1 Å². The van der Waals surface area contributed by atoms with Crippen molar-refractivity contribution in [2.45, 2.75) is 26.2 Å². The molecule has 2 rings (SSSR count). The Morgan fingerprint density at radius 3 is 3.07 bits per heavy atom. The van der Waals surface area contributed by atoms with Crippen molar-refractivity contribution in [3.05, 3.63) is 5.01 Å². The van der Waals surface area contributed by atoms with Gasteiger partial charge in [0.2, 0.25) is 5.13 Å². The van der Waals surface area contributed by atoms with Gasteiger partial charge in [-0.15, -0.1) is 21.8 Å². The molecule has 1 unspecified atom stereocenters. The van der Waals surface area contributed by atoms with Gasteiger partial charge in [-0.1, -0.05) is 11.3 Å². The highest BCUT2D eigenvalue weighted by molar-refractivity contribution is 7.15. The molecular weight excluding hydrogens is 230 g/mol. The van der Waals surface area contributed by atoms with Gasteiger partial charge in [-0.25, -0.2) is 0 Å². The van der Waals surface area contributed by atoms with Gasteiger partial charge in [0.15, 0.2) is 0 Å². The molecule has 1 aliphatic rings. The lowest BCUT2D eigenvalue weighted by Crippen LogP contribution is -2.35. The Morgan fingerprint density at radius 1 is 1.53 bits per heavy atom. The normalized spacial score (nSPS) is 22.0. The van der Waals surface area contributed by atoms with Gasteiger partial charge < -0.3 is 4.90 Å². The van der Waals surface area contributed by atoms with Gasteiger partial charge in [0, 0.05) is 19.0 Å². The fourth-order valence-corrected chi connectivity index (χ4v) is 3.07. The number of halogens is 1. The first kappa shape index (κ1) is 11.1. The fourth-order valence-electron chi connectivity index (χ4n) is 2.04. The third-order valence-electron chi connectivity index (χ3n) is 2.82.